The largest absolute Gasteiger partial charge is 0.480 e. The average molecular weight is 317 g/mol. The number of primary amides is 2. The fraction of sp³-hybridized carbons (Fsp3) is 0.545. The Balaban J connectivity index is 4.73. The molecule has 4 amide bonds. The molecule has 0 fully saturated rings. The summed E-state index contributed by atoms with van der Waals surface area (Å²) < 4.78 is 0. The molecule has 0 aliphatic carbocycles. The van der Waals surface area contributed by atoms with Crippen molar-refractivity contribution in [2.24, 2.45) is 17.2 Å². The van der Waals surface area contributed by atoms with Crippen LogP contribution in [0.2, 0.25) is 0 Å². The summed E-state index contributed by atoms with van der Waals surface area (Å²) in [4.78, 5) is 55.3. The van der Waals surface area contributed by atoms with Gasteiger partial charge in [0, 0.05) is 6.42 Å². The van der Waals surface area contributed by atoms with E-state index in [4.69, 9.17) is 22.3 Å². The van der Waals surface area contributed by atoms with Gasteiger partial charge in [-0.25, -0.2) is 0 Å². The zero-order valence-corrected chi connectivity index (χ0v) is 11.7. The zero-order chi connectivity index (χ0) is 17.3. The highest BCUT2D eigenvalue weighted by Gasteiger charge is 2.25. The number of carboxylic acid groups (broad SMARTS) is 1. The van der Waals surface area contributed by atoms with Gasteiger partial charge in [0.2, 0.25) is 23.6 Å². The molecule has 11 nitrogen and oxygen atoms in total. The van der Waals surface area contributed by atoms with Crippen molar-refractivity contribution < 1.29 is 29.1 Å². The summed E-state index contributed by atoms with van der Waals surface area (Å²) in [6.07, 6.45) is -0.780. The molecule has 9 N–H and O–H groups in total. The Kier molecular flexibility index (Phi) is 8.15. The van der Waals surface area contributed by atoms with E-state index in [-0.39, 0.29) is 12.8 Å². The first kappa shape index (κ1) is 19.3. The summed E-state index contributed by atoms with van der Waals surface area (Å²) in [6, 6.07) is -2.47. The number of amides is 4. The first-order chi connectivity index (χ1) is 10.1. The highest BCUT2D eigenvalue weighted by molar-refractivity contribution is 5.93. The second kappa shape index (κ2) is 9.28. The molecule has 0 heterocycles. The predicted octanol–water partition coefficient (Wildman–Crippen LogP) is -3.86. The van der Waals surface area contributed by atoms with Crippen LogP contribution in [0, 0.1) is 0 Å². The molecule has 0 bridgehead atoms. The highest BCUT2D eigenvalue weighted by atomic mass is 16.4. The van der Waals surface area contributed by atoms with Gasteiger partial charge in [0.15, 0.2) is 0 Å². The molecule has 0 unspecified atom stereocenters. The summed E-state index contributed by atoms with van der Waals surface area (Å²) in [5.74, 6) is -4.43. The van der Waals surface area contributed by atoms with Gasteiger partial charge in [-0.15, -0.1) is 0 Å². The molecule has 0 saturated carbocycles. The van der Waals surface area contributed by atoms with E-state index >= 15 is 0 Å². The molecule has 0 aromatic heterocycles. The molecule has 124 valence electrons. The van der Waals surface area contributed by atoms with Crippen LogP contribution in [0.25, 0.3) is 0 Å². The Hall–Kier alpha value is -2.69. The van der Waals surface area contributed by atoms with E-state index in [0.29, 0.717) is 0 Å². The minimum absolute atomic E-state index is 0.143. The molecule has 0 aromatic rings. The van der Waals surface area contributed by atoms with E-state index < -0.39 is 54.6 Å². The van der Waals surface area contributed by atoms with Crippen LogP contribution in [-0.4, -0.2) is 53.3 Å². The minimum Gasteiger partial charge on any atom is -0.480 e. The molecule has 0 aliphatic heterocycles. The van der Waals surface area contributed by atoms with Crippen LogP contribution in [0.3, 0.4) is 0 Å². The van der Waals surface area contributed by atoms with E-state index in [9.17, 15) is 24.0 Å². The number of hydrogen-bond acceptors (Lipinski definition) is 6. The number of carbonyl (C=O) groups excluding carboxylic acids is 4. The Labute approximate surface area is 125 Å². The molecule has 0 aromatic carbocycles. The lowest BCUT2D eigenvalue weighted by Gasteiger charge is -2.19. The third-order valence-electron chi connectivity index (χ3n) is 2.48. The average Bonchev–Trinajstić information content (AvgIpc) is 2.39. The first-order valence-electron chi connectivity index (χ1n) is 6.25. The molecule has 0 rings (SSSR count). The number of nitrogens with one attached hydrogen (secondary N) is 2. The molecular weight excluding hydrogens is 298 g/mol. The number of rotatable bonds is 10. The van der Waals surface area contributed by atoms with Gasteiger partial charge in [0.25, 0.3) is 0 Å². The van der Waals surface area contributed by atoms with Crippen LogP contribution in [0.15, 0.2) is 0 Å². The first-order valence-corrected chi connectivity index (χ1v) is 6.25. The second-order valence-electron chi connectivity index (χ2n) is 4.45. The van der Waals surface area contributed by atoms with Gasteiger partial charge in [-0.2, -0.15) is 0 Å². The van der Waals surface area contributed by atoms with Gasteiger partial charge in [-0.05, 0) is 6.42 Å². The van der Waals surface area contributed by atoms with Crippen molar-refractivity contribution in [1.29, 1.82) is 0 Å². The molecule has 11 heteroatoms. The maximum atomic E-state index is 11.8. The van der Waals surface area contributed by atoms with E-state index in [0.717, 1.165) is 0 Å². The van der Waals surface area contributed by atoms with Crippen molar-refractivity contribution in [1.82, 2.24) is 10.6 Å². The van der Waals surface area contributed by atoms with Crippen LogP contribution in [-0.2, 0) is 24.0 Å². The van der Waals surface area contributed by atoms with Crippen LogP contribution in [0.5, 0.6) is 0 Å². The van der Waals surface area contributed by atoms with E-state index in [1.54, 1.807) is 0 Å². The summed E-state index contributed by atoms with van der Waals surface area (Å²) in [6.45, 7) is -0.658. The lowest BCUT2D eigenvalue weighted by Crippen LogP contribution is -2.53. The molecule has 0 aliphatic rings. The van der Waals surface area contributed by atoms with Crippen molar-refractivity contribution in [3.63, 3.8) is 0 Å². The number of carboxylic acids is 1. The van der Waals surface area contributed by atoms with E-state index in [2.05, 4.69) is 10.6 Å². The maximum Gasteiger partial charge on any atom is 0.322 e. The monoisotopic (exact) mass is 317 g/mol. The Morgan fingerprint density at radius 3 is 2.05 bits per heavy atom. The summed E-state index contributed by atoms with van der Waals surface area (Å²) in [7, 11) is 0. The SMILES string of the molecule is NC(=O)CC[C@H](NC(=O)[C@@H](N)CC(N)=O)C(=O)NCC(=O)O. The van der Waals surface area contributed by atoms with Gasteiger partial charge >= 0.3 is 5.97 Å². The number of carbonyl (C=O) groups is 5. The van der Waals surface area contributed by atoms with Crippen LogP contribution in [0.1, 0.15) is 19.3 Å². The Morgan fingerprint density at radius 1 is 1.00 bits per heavy atom. The summed E-state index contributed by atoms with van der Waals surface area (Å²) >= 11 is 0. The van der Waals surface area contributed by atoms with Crippen molar-refractivity contribution in [2.75, 3.05) is 6.54 Å². The Bertz CT molecular complexity index is 466. The standard InChI is InChI=1S/C11H19N5O6/c12-5(3-8(14)18)10(21)16-6(1-2-7(13)17)11(22)15-4-9(19)20/h5-6H,1-4,12H2,(H2,13,17)(H2,14,18)(H,15,22)(H,16,21)(H,19,20)/t5-,6-/m0/s1. The van der Waals surface area contributed by atoms with Crippen LogP contribution >= 0.6 is 0 Å². The molecule has 2 atom stereocenters. The zero-order valence-electron chi connectivity index (χ0n) is 11.7. The van der Waals surface area contributed by atoms with Crippen molar-refractivity contribution in [3.8, 4) is 0 Å². The molecule has 0 saturated heterocycles. The van der Waals surface area contributed by atoms with E-state index in [1.807, 2.05) is 0 Å². The second-order valence-corrected chi connectivity index (χ2v) is 4.45. The third kappa shape index (κ3) is 8.47. The minimum atomic E-state index is -1.28. The topological polar surface area (TPSA) is 208 Å². The Morgan fingerprint density at radius 2 is 1.59 bits per heavy atom. The van der Waals surface area contributed by atoms with E-state index in [1.165, 1.54) is 0 Å². The van der Waals surface area contributed by atoms with Gasteiger partial charge in [0.05, 0.1) is 12.5 Å². The maximum absolute atomic E-state index is 11.8. The van der Waals surface area contributed by atoms with Crippen molar-refractivity contribution in [2.45, 2.75) is 31.3 Å². The molecule has 0 radical (unpaired) electrons. The smallest absolute Gasteiger partial charge is 0.322 e. The third-order valence-corrected chi connectivity index (χ3v) is 2.48. The van der Waals surface area contributed by atoms with Crippen molar-refractivity contribution >= 4 is 29.6 Å². The quantitative estimate of drug-likeness (QED) is 0.236. The fourth-order valence-electron chi connectivity index (χ4n) is 1.43. The number of aliphatic carboxylic acids is 1. The normalized spacial score (nSPS) is 12.8. The molecular formula is C11H19N5O6. The number of nitrogens with two attached hydrogens (primary N) is 3. The number of hydrogen-bond donors (Lipinski definition) is 6. The van der Waals surface area contributed by atoms with Gasteiger partial charge in [-0.3, -0.25) is 24.0 Å². The van der Waals surface area contributed by atoms with Crippen molar-refractivity contribution in [3.05, 3.63) is 0 Å². The fourth-order valence-corrected chi connectivity index (χ4v) is 1.43. The lowest BCUT2D eigenvalue weighted by atomic mass is 10.1. The van der Waals surface area contributed by atoms with Gasteiger partial charge < -0.3 is 32.9 Å². The molecule has 0 spiro atoms. The van der Waals surface area contributed by atoms with Gasteiger partial charge in [0.1, 0.15) is 12.6 Å². The van der Waals surface area contributed by atoms with Gasteiger partial charge in [-0.1, -0.05) is 0 Å². The van der Waals surface area contributed by atoms with Crippen LogP contribution < -0.4 is 27.8 Å². The molecule has 22 heavy (non-hydrogen) atoms. The lowest BCUT2D eigenvalue weighted by molar-refractivity contribution is -0.138. The predicted molar refractivity (Wildman–Crippen MR) is 72.8 cm³/mol. The highest BCUT2D eigenvalue weighted by Crippen LogP contribution is 1.99. The van der Waals surface area contributed by atoms with Crippen LogP contribution in [0.4, 0.5) is 0 Å². The summed E-state index contributed by atoms with van der Waals surface area (Å²) in [5.41, 5.74) is 15.3. The summed E-state index contributed by atoms with van der Waals surface area (Å²) in [5, 5.41) is 12.8.